The number of fused-ring (bicyclic) bond motifs is 3. The number of benzene rings is 1. The molecule has 2 unspecified atom stereocenters. The Bertz CT molecular complexity index is 968. The number of nitrogens with zero attached hydrogens (tertiary/aromatic N) is 3. The zero-order valence-electron chi connectivity index (χ0n) is 15.9. The number of nitriles is 1. The molecule has 1 heterocycles. The highest BCUT2D eigenvalue weighted by Crippen LogP contribution is 2.47. The Morgan fingerprint density at radius 2 is 1.86 bits per heavy atom. The van der Waals surface area contributed by atoms with Crippen molar-refractivity contribution in [2.24, 2.45) is 17.8 Å². The second-order valence-electron chi connectivity index (χ2n) is 7.59. The Kier molecular flexibility index (Phi) is 5.37. The molecule has 3 fully saturated rings. The van der Waals surface area contributed by atoms with Gasteiger partial charge in [0, 0.05) is 11.6 Å². The SMILES string of the molecule is COC(=O)C1C2CCC(CC2)C1Nc1nc(Cl)nc(-c2ccc(C#N)cc2)c1F. The standard InChI is InChI=1S/C21H20ClFN4O2/c1-29-20(28)15-12-6-8-13(9-7-12)17(15)25-19-16(23)18(26-21(22)27-19)14-4-2-11(10-24)3-5-14/h2-5,12-13,15,17H,6-9H2,1H3,(H,25,26,27). The maximum absolute atomic E-state index is 15.3. The molecule has 1 aromatic carbocycles. The molecule has 3 saturated carbocycles. The van der Waals surface area contributed by atoms with Crippen LogP contribution in [0.15, 0.2) is 24.3 Å². The van der Waals surface area contributed by atoms with Crippen LogP contribution in [0.4, 0.5) is 10.2 Å². The minimum atomic E-state index is -0.635. The summed E-state index contributed by atoms with van der Waals surface area (Å²) in [6.07, 6.45) is 3.93. The Morgan fingerprint density at radius 3 is 2.48 bits per heavy atom. The highest BCUT2D eigenvalue weighted by Gasteiger charge is 2.48. The molecule has 0 radical (unpaired) electrons. The Labute approximate surface area is 173 Å². The van der Waals surface area contributed by atoms with Crippen molar-refractivity contribution in [3.8, 4) is 17.3 Å². The highest BCUT2D eigenvalue weighted by molar-refractivity contribution is 6.28. The van der Waals surface area contributed by atoms with Gasteiger partial charge >= 0.3 is 5.97 Å². The molecule has 150 valence electrons. The molecule has 6 nitrogen and oxygen atoms in total. The number of hydrogen-bond donors (Lipinski definition) is 1. The predicted octanol–water partition coefficient (Wildman–Crippen LogP) is 4.20. The minimum absolute atomic E-state index is 0.0178. The van der Waals surface area contributed by atoms with Gasteiger partial charge in [-0.25, -0.2) is 9.37 Å². The van der Waals surface area contributed by atoms with Crippen LogP contribution in [0, 0.1) is 34.9 Å². The lowest BCUT2D eigenvalue weighted by molar-refractivity contribution is -0.152. The average molecular weight is 415 g/mol. The highest BCUT2D eigenvalue weighted by atomic mass is 35.5. The number of carbonyl (C=O) groups is 1. The van der Waals surface area contributed by atoms with Crippen molar-refractivity contribution in [1.29, 1.82) is 5.26 Å². The van der Waals surface area contributed by atoms with Crippen molar-refractivity contribution < 1.29 is 13.9 Å². The van der Waals surface area contributed by atoms with Crippen LogP contribution in [0.3, 0.4) is 0 Å². The topological polar surface area (TPSA) is 87.9 Å². The van der Waals surface area contributed by atoms with Crippen molar-refractivity contribution in [2.75, 3.05) is 12.4 Å². The van der Waals surface area contributed by atoms with Crippen LogP contribution in [0.1, 0.15) is 31.2 Å². The monoisotopic (exact) mass is 414 g/mol. The van der Waals surface area contributed by atoms with Gasteiger partial charge in [-0.1, -0.05) is 12.1 Å². The third kappa shape index (κ3) is 3.65. The lowest BCUT2D eigenvalue weighted by Crippen LogP contribution is -2.52. The van der Waals surface area contributed by atoms with Gasteiger partial charge in [-0.15, -0.1) is 0 Å². The molecular weight excluding hydrogens is 395 g/mol. The van der Waals surface area contributed by atoms with Gasteiger partial charge in [0.1, 0.15) is 5.69 Å². The molecule has 2 bridgehead atoms. The number of halogens is 2. The summed E-state index contributed by atoms with van der Waals surface area (Å²) in [6, 6.07) is 8.17. The van der Waals surface area contributed by atoms with Crippen molar-refractivity contribution in [3.63, 3.8) is 0 Å². The maximum atomic E-state index is 15.3. The molecule has 0 spiro atoms. The van der Waals surface area contributed by atoms with Crippen molar-refractivity contribution in [2.45, 2.75) is 31.7 Å². The molecule has 0 aliphatic heterocycles. The van der Waals surface area contributed by atoms with E-state index < -0.39 is 5.82 Å². The van der Waals surface area contributed by atoms with Crippen LogP contribution >= 0.6 is 11.6 Å². The summed E-state index contributed by atoms with van der Waals surface area (Å²) in [7, 11) is 1.38. The van der Waals surface area contributed by atoms with Gasteiger partial charge in [0.05, 0.1) is 24.7 Å². The van der Waals surface area contributed by atoms with Gasteiger partial charge in [-0.2, -0.15) is 10.2 Å². The fourth-order valence-corrected chi connectivity index (χ4v) is 4.87. The van der Waals surface area contributed by atoms with Gasteiger partial charge in [0.2, 0.25) is 5.28 Å². The molecule has 1 N–H and O–H groups in total. The van der Waals surface area contributed by atoms with Crippen LogP contribution in [0.2, 0.25) is 5.28 Å². The van der Waals surface area contributed by atoms with Crippen LogP contribution in [-0.2, 0) is 9.53 Å². The zero-order valence-corrected chi connectivity index (χ0v) is 16.6. The molecule has 2 atom stereocenters. The molecule has 3 aliphatic rings. The molecule has 2 aromatic rings. The molecule has 3 aliphatic carbocycles. The largest absolute Gasteiger partial charge is 0.469 e. The molecular formula is C21H20ClFN4O2. The van der Waals surface area contributed by atoms with Crippen LogP contribution in [-0.4, -0.2) is 29.1 Å². The number of esters is 1. The summed E-state index contributed by atoms with van der Waals surface area (Å²) >= 11 is 6.08. The lowest BCUT2D eigenvalue weighted by Gasteiger charge is -2.47. The molecule has 1 aromatic heterocycles. The van der Waals surface area contributed by atoms with Gasteiger partial charge in [0.25, 0.3) is 0 Å². The first-order chi connectivity index (χ1) is 14.0. The summed E-state index contributed by atoms with van der Waals surface area (Å²) < 4.78 is 20.3. The number of anilines is 1. The average Bonchev–Trinajstić information content (AvgIpc) is 2.76. The predicted molar refractivity (Wildman–Crippen MR) is 106 cm³/mol. The maximum Gasteiger partial charge on any atom is 0.311 e. The first-order valence-electron chi connectivity index (χ1n) is 9.59. The molecule has 0 saturated heterocycles. The van der Waals surface area contributed by atoms with Gasteiger partial charge in [0.15, 0.2) is 11.6 Å². The second kappa shape index (κ2) is 7.96. The number of nitrogens with one attached hydrogen (secondary N) is 1. The van der Waals surface area contributed by atoms with Crippen LogP contribution in [0.5, 0.6) is 0 Å². The molecule has 29 heavy (non-hydrogen) atoms. The van der Waals surface area contributed by atoms with Crippen LogP contribution < -0.4 is 5.32 Å². The van der Waals surface area contributed by atoms with E-state index >= 15 is 4.39 Å². The van der Waals surface area contributed by atoms with Crippen LogP contribution in [0.25, 0.3) is 11.3 Å². The van der Waals surface area contributed by atoms with E-state index in [2.05, 4.69) is 15.3 Å². The number of methoxy groups -OCH3 is 1. The van der Waals surface area contributed by atoms with E-state index in [4.69, 9.17) is 21.6 Å². The number of aromatic nitrogens is 2. The minimum Gasteiger partial charge on any atom is -0.469 e. The van der Waals surface area contributed by atoms with E-state index in [0.717, 1.165) is 25.7 Å². The molecule has 0 amide bonds. The van der Waals surface area contributed by atoms with Gasteiger partial charge < -0.3 is 10.1 Å². The summed E-state index contributed by atoms with van der Waals surface area (Å²) in [5.74, 6) is -0.789. The first kappa shape index (κ1) is 19.6. The number of hydrogen-bond acceptors (Lipinski definition) is 6. The van der Waals surface area contributed by atoms with Gasteiger partial charge in [-0.05, 0) is 61.3 Å². The van der Waals surface area contributed by atoms with E-state index in [0.29, 0.717) is 11.1 Å². The summed E-state index contributed by atoms with van der Waals surface area (Å²) in [4.78, 5) is 20.5. The normalized spacial score (nSPS) is 25.3. The van der Waals surface area contributed by atoms with E-state index in [1.165, 1.54) is 7.11 Å². The van der Waals surface area contributed by atoms with E-state index in [1.807, 2.05) is 6.07 Å². The fraction of sp³-hybridized carbons (Fsp3) is 0.429. The van der Waals surface area contributed by atoms with E-state index in [9.17, 15) is 4.79 Å². The lowest BCUT2D eigenvalue weighted by atomic mass is 9.61. The Balaban J connectivity index is 1.69. The molecule has 5 rings (SSSR count). The Morgan fingerprint density at radius 1 is 1.21 bits per heavy atom. The van der Waals surface area contributed by atoms with Crippen molar-refractivity contribution >= 4 is 23.4 Å². The zero-order chi connectivity index (χ0) is 20.5. The number of ether oxygens (including phenoxy) is 1. The number of carbonyl (C=O) groups excluding carboxylic acids is 1. The molecule has 8 heteroatoms. The summed E-state index contributed by atoms with van der Waals surface area (Å²) in [5, 5.41) is 12.0. The number of rotatable bonds is 4. The second-order valence-corrected chi connectivity index (χ2v) is 7.92. The third-order valence-electron chi connectivity index (χ3n) is 6.11. The summed E-state index contributed by atoms with van der Waals surface area (Å²) in [5.41, 5.74) is 1.00. The van der Waals surface area contributed by atoms with E-state index in [1.54, 1.807) is 24.3 Å². The van der Waals surface area contributed by atoms with E-state index in [-0.39, 0.29) is 46.6 Å². The quantitative estimate of drug-likeness (QED) is 0.596. The summed E-state index contributed by atoms with van der Waals surface area (Å²) in [6.45, 7) is 0. The smallest absolute Gasteiger partial charge is 0.311 e. The van der Waals surface area contributed by atoms with Crippen molar-refractivity contribution in [3.05, 3.63) is 40.9 Å². The van der Waals surface area contributed by atoms with Gasteiger partial charge in [-0.3, -0.25) is 4.79 Å². The third-order valence-corrected chi connectivity index (χ3v) is 6.28. The Hall–Kier alpha value is -2.72. The fourth-order valence-electron chi connectivity index (χ4n) is 4.70. The van der Waals surface area contributed by atoms with Crippen molar-refractivity contribution in [1.82, 2.24) is 9.97 Å². The first-order valence-corrected chi connectivity index (χ1v) is 9.97.